The van der Waals surface area contributed by atoms with Crippen molar-refractivity contribution < 1.29 is 9.90 Å². The fourth-order valence-corrected chi connectivity index (χ4v) is 0.690. The van der Waals surface area contributed by atoms with Crippen LogP contribution in [0.25, 0.3) is 0 Å². The fourth-order valence-electron chi connectivity index (χ4n) is 0.331. The number of carboxylic acids is 1. The average Bonchev–Trinajstić information content (AvgIpc) is 1.86. The predicted octanol–water partition coefficient (Wildman–Crippen LogP) is 0.108. The smallest absolute Gasteiger partial charge is 0.324 e. The second-order valence-corrected chi connectivity index (χ2v) is 2.29. The van der Waals surface area contributed by atoms with Crippen LogP contribution in [0.4, 0.5) is 0 Å². The van der Waals surface area contributed by atoms with Gasteiger partial charge >= 0.3 is 5.97 Å². The molecule has 0 aromatic rings. The molecular formula is C5H11NO2S. The van der Waals surface area contributed by atoms with Gasteiger partial charge in [-0.05, 0) is 6.42 Å². The Morgan fingerprint density at radius 1 is 1.89 bits per heavy atom. The number of hydrogen-bond donors (Lipinski definition) is 3. The van der Waals surface area contributed by atoms with Crippen molar-refractivity contribution in [3.05, 3.63) is 0 Å². The summed E-state index contributed by atoms with van der Waals surface area (Å²) in [4.78, 5) is 10.3. The van der Waals surface area contributed by atoms with Gasteiger partial charge in [-0.2, -0.15) is 12.6 Å². The first-order valence-corrected chi connectivity index (χ1v) is 3.33. The fraction of sp³-hybridized carbons (Fsp3) is 0.800. The lowest BCUT2D eigenvalue weighted by atomic mass is 10.0. The molecule has 3 nitrogen and oxygen atoms in total. The Morgan fingerprint density at radius 3 is 2.33 bits per heavy atom. The highest BCUT2D eigenvalue weighted by Gasteiger charge is 2.29. The molecule has 0 aromatic heterocycles. The largest absolute Gasteiger partial charge is 0.480 e. The zero-order valence-corrected chi connectivity index (χ0v) is 6.19. The zero-order valence-electron chi connectivity index (χ0n) is 5.29. The zero-order chi connectivity index (χ0) is 7.49. The highest BCUT2D eigenvalue weighted by molar-refractivity contribution is 7.80. The van der Waals surface area contributed by atoms with E-state index in [1.807, 2.05) is 0 Å². The Kier molecular flexibility index (Phi) is 3.00. The summed E-state index contributed by atoms with van der Waals surface area (Å²) in [5.41, 5.74) is 4.23. The summed E-state index contributed by atoms with van der Waals surface area (Å²) in [6.07, 6.45) is 0.409. The summed E-state index contributed by atoms with van der Waals surface area (Å²) in [5.74, 6) is -0.807. The Balaban J connectivity index is 4.09. The van der Waals surface area contributed by atoms with E-state index in [4.69, 9.17) is 10.8 Å². The van der Waals surface area contributed by atoms with Crippen molar-refractivity contribution in [3.8, 4) is 0 Å². The van der Waals surface area contributed by atoms with Crippen molar-refractivity contribution in [3.63, 3.8) is 0 Å². The van der Waals surface area contributed by atoms with E-state index in [9.17, 15) is 4.79 Å². The molecule has 0 aliphatic rings. The maximum atomic E-state index is 10.3. The first-order chi connectivity index (χ1) is 4.06. The quantitative estimate of drug-likeness (QED) is 0.499. The molecule has 0 rings (SSSR count). The summed E-state index contributed by atoms with van der Waals surface area (Å²) in [7, 11) is 0. The Bertz CT molecular complexity index is 112. The van der Waals surface area contributed by atoms with E-state index >= 15 is 0 Å². The Morgan fingerprint density at radius 2 is 2.33 bits per heavy atom. The van der Waals surface area contributed by atoms with Crippen LogP contribution < -0.4 is 5.73 Å². The molecule has 0 unspecified atom stereocenters. The van der Waals surface area contributed by atoms with Crippen LogP contribution in [-0.2, 0) is 4.79 Å². The van der Waals surface area contributed by atoms with Gasteiger partial charge in [-0.15, -0.1) is 0 Å². The predicted molar refractivity (Wildman–Crippen MR) is 38.7 cm³/mol. The number of carboxylic acid groups (broad SMARTS) is 1. The van der Waals surface area contributed by atoms with Crippen molar-refractivity contribution in [1.82, 2.24) is 0 Å². The minimum absolute atomic E-state index is 0.179. The van der Waals surface area contributed by atoms with Crippen LogP contribution in [0.1, 0.15) is 13.3 Å². The minimum atomic E-state index is -1.14. The topological polar surface area (TPSA) is 63.3 Å². The van der Waals surface area contributed by atoms with Gasteiger partial charge in [-0.3, -0.25) is 4.79 Å². The molecule has 0 spiro atoms. The van der Waals surface area contributed by atoms with Gasteiger partial charge in [-0.25, -0.2) is 0 Å². The molecular weight excluding hydrogens is 138 g/mol. The number of carbonyl (C=O) groups is 1. The molecule has 0 aromatic carbocycles. The molecule has 9 heavy (non-hydrogen) atoms. The Hall–Kier alpha value is -0.220. The maximum absolute atomic E-state index is 10.3. The van der Waals surface area contributed by atoms with Gasteiger partial charge < -0.3 is 10.8 Å². The van der Waals surface area contributed by atoms with Crippen LogP contribution in [0.3, 0.4) is 0 Å². The summed E-state index contributed by atoms with van der Waals surface area (Å²) in [5, 5.41) is 8.46. The van der Waals surface area contributed by atoms with E-state index in [0.717, 1.165) is 0 Å². The third-order valence-corrected chi connectivity index (χ3v) is 1.90. The standard InChI is InChI=1S/C5H11NO2S/c1-2-5(6,3-9)4(7)8/h9H,2-3,6H2,1H3,(H,7,8)/t5-/m0/s1. The van der Waals surface area contributed by atoms with Crippen LogP contribution in [0, 0.1) is 0 Å². The van der Waals surface area contributed by atoms with Crippen molar-refractivity contribution in [1.29, 1.82) is 0 Å². The van der Waals surface area contributed by atoms with Gasteiger partial charge in [0.15, 0.2) is 0 Å². The molecule has 0 amide bonds. The monoisotopic (exact) mass is 149 g/mol. The van der Waals surface area contributed by atoms with Crippen molar-refractivity contribution >= 4 is 18.6 Å². The maximum Gasteiger partial charge on any atom is 0.324 e. The van der Waals surface area contributed by atoms with Gasteiger partial charge in [0.05, 0.1) is 0 Å². The van der Waals surface area contributed by atoms with E-state index in [2.05, 4.69) is 12.6 Å². The van der Waals surface area contributed by atoms with E-state index in [1.54, 1.807) is 6.92 Å². The highest BCUT2D eigenvalue weighted by atomic mass is 32.1. The minimum Gasteiger partial charge on any atom is -0.480 e. The molecule has 0 fully saturated rings. The average molecular weight is 149 g/mol. The third-order valence-electron chi connectivity index (χ3n) is 1.34. The summed E-state index contributed by atoms with van der Waals surface area (Å²) in [6.45, 7) is 1.73. The lowest BCUT2D eigenvalue weighted by Crippen LogP contribution is -2.49. The molecule has 1 atom stereocenters. The SMILES string of the molecule is CC[C@](N)(CS)C(=O)O. The normalized spacial score (nSPS) is 16.8. The Labute approximate surface area is 59.6 Å². The van der Waals surface area contributed by atoms with Crippen LogP contribution in [0.15, 0.2) is 0 Å². The summed E-state index contributed by atoms with van der Waals surface area (Å²) in [6, 6.07) is 0. The molecule has 0 saturated carbocycles. The van der Waals surface area contributed by atoms with Gasteiger partial charge in [-0.1, -0.05) is 6.92 Å². The first-order valence-electron chi connectivity index (χ1n) is 2.70. The molecule has 0 aliphatic carbocycles. The first kappa shape index (κ1) is 8.78. The lowest BCUT2D eigenvalue weighted by Gasteiger charge is -2.19. The molecule has 0 saturated heterocycles. The molecule has 4 heteroatoms. The van der Waals surface area contributed by atoms with E-state index in [-0.39, 0.29) is 5.75 Å². The van der Waals surface area contributed by atoms with Crippen LogP contribution in [0.5, 0.6) is 0 Å². The second-order valence-electron chi connectivity index (χ2n) is 1.97. The molecule has 0 aliphatic heterocycles. The number of nitrogens with two attached hydrogens (primary N) is 1. The second kappa shape index (κ2) is 3.08. The van der Waals surface area contributed by atoms with Gasteiger partial charge in [0, 0.05) is 5.75 Å². The van der Waals surface area contributed by atoms with Crippen LogP contribution >= 0.6 is 12.6 Å². The molecule has 0 heterocycles. The number of aliphatic carboxylic acids is 1. The lowest BCUT2D eigenvalue weighted by molar-refractivity contribution is -0.142. The molecule has 3 N–H and O–H groups in total. The number of rotatable bonds is 3. The number of thiol groups is 1. The van der Waals surface area contributed by atoms with Gasteiger partial charge in [0.25, 0.3) is 0 Å². The van der Waals surface area contributed by atoms with E-state index < -0.39 is 11.5 Å². The molecule has 54 valence electrons. The number of hydrogen-bond acceptors (Lipinski definition) is 3. The van der Waals surface area contributed by atoms with Gasteiger partial charge in [0.2, 0.25) is 0 Å². The van der Waals surface area contributed by atoms with E-state index in [0.29, 0.717) is 6.42 Å². The van der Waals surface area contributed by atoms with Gasteiger partial charge in [0.1, 0.15) is 5.54 Å². The third kappa shape index (κ3) is 1.87. The van der Waals surface area contributed by atoms with Crippen LogP contribution in [0.2, 0.25) is 0 Å². The van der Waals surface area contributed by atoms with Crippen molar-refractivity contribution in [2.75, 3.05) is 5.75 Å². The molecule has 0 bridgehead atoms. The molecule has 0 radical (unpaired) electrons. The highest BCUT2D eigenvalue weighted by Crippen LogP contribution is 2.07. The van der Waals surface area contributed by atoms with Crippen molar-refractivity contribution in [2.45, 2.75) is 18.9 Å². The summed E-state index contributed by atoms with van der Waals surface area (Å²) < 4.78 is 0. The van der Waals surface area contributed by atoms with Crippen LogP contribution in [-0.4, -0.2) is 22.4 Å². The summed E-state index contributed by atoms with van der Waals surface area (Å²) >= 11 is 3.81. The van der Waals surface area contributed by atoms with E-state index in [1.165, 1.54) is 0 Å². The van der Waals surface area contributed by atoms with Crippen molar-refractivity contribution in [2.24, 2.45) is 5.73 Å².